The zero-order chi connectivity index (χ0) is 23.0. The first kappa shape index (κ1) is 28.5. The first-order chi connectivity index (χ1) is 15.9. The van der Waals surface area contributed by atoms with Gasteiger partial charge in [0.05, 0.1) is 20.3 Å². The van der Waals surface area contributed by atoms with Gasteiger partial charge in [-0.25, -0.2) is 0 Å². The van der Waals surface area contributed by atoms with Gasteiger partial charge in [-0.15, -0.1) is 0 Å². The normalized spacial score (nSPS) is 11.7. The lowest BCUT2D eigenvalue weighted by Crippen LogP contribution is -1.93. The number of benzene rings is 1. The molecular weight excluding hydrogens is 392 g/mol. The average Bonchev–Trinajstić information content (AvgIpc) is 2.82. The number of hydrogen-bond acceptors (Lipinski definition) is 2. The fourth-order valence-corrected chi connectivity index (χ4v) is 3.84. The van der Waals surface area contributed by atoms with E-state index in [0.29, 0.717) is 13.2 Å². The van der Waals surface area contributed by atoms with Crippen LogP contribution in [0.4, 0.5) is 0 Å². The van der Waals surface area contributed by atoms with Gasteiger partial charge >= 0.3 is 0 Å². The fourth-order valence-electron chi connectivity index (χ4n) is 3.84. The summed E-state index contributed by atoms with van der Waals surface area (Å²) in [5, 5.41) is 0. The summed E-state index contributed by atoms with van der Waals surface area (Å²) >= 11 is 0. The SMILES string of the molecule is CCCCCCCC/C=C\CCCCCCCCC/C=C/COCc1ccc(OC)cc1. The van der Waals surface area contributed by atoms with Crippen molar-refractivity contribution >= 4 is 0 Å². The molecule has 32 heavy (non-hydrogen) atoms. The number of unbranched alkanes of at least 4 members (excludes halogenated alkanes) is 14. The Kier molecular flexibility index (Phi) is 20.2. The van der Waals surface area contributed by atoms with Crippen molar-refractivity contribution in [2.24, 2.45) is 0 Å². The Balaban J connectivity index is 1.78. The molecule has 1 rings (SSSR count). The molecule has 0 saturated heterocycles. The van der Waals surface area contributed by atoms with Crippen LogP contribution in [0.1, 0.15) is 115 Å². The Bertz CT molecular complexity index is 559. The van der Waals surface area contributed by atoms with Crippen LogP contribution in [0.15, 0.2) is 48.6 Å². The van der Waals surface area contributed by atoms with E-state index in [9.17, 15) is 0 Å². The van der Waals surface area contributed by atoms with Crippen LogP contribution in [0.2, 0.25) is 0 Å². The van der Waals surface area contributed by atoms with E-state index in [0.717, 1.165) is 5.75 Å². The quantitative estimate of drug-likeness (QED) is 0.131. The van der Waals surface area contributed by atoms with Gasteiger partial charge in [0.1, 0.15) is 5.75 Å². The van der Waals surface area contributed by atoms with Crippen LogP contribution in [0.25, 0.3) is 0 Å². The molecule has 182 valence electrons. The van der Waals surface area contributed by atoms with Gasteiger partial charge in [0.25, 0.3) is 0 Å². The minimum atomic E-state index is 0.656. The average molecular weight is 443 g/mol. The second kappa shape index (κ2) is 22.6. The van der Waals surface area contributed by atoms with E-state index >= 15 is 0 Å². The molecule has 2 nitrogen and oxygen atoms in total. The lowest BCUT2D eigenvalue weighted by molar-refractivity contribution is 0.148. The summed E-state index contributed by atoms with van der Waals surface area (Å²) < 4.78 is 10.9. The molecule has 0 aliphatic heterocycles. The molecule has 1 aromatic rings. The predicted octanol–water partition coefficient (Wildman–Crippen LogP) is 9.59. The minimum Gasteiger partial charge on any atom is -0.497 e. The maximum absolute atomic E-state index is 5.70. The van der Waals surface area contributed by atoms with Crippen molar-refractivity contribution in [2.45, 2.75) is 116 Å². The molecule has 0 saturated carbocycles. The van der Waals surface area contributed by atoms with Gasteiger partial charge in [-0.05, 0) is 56.2 Å². The highest BCUT2D eigenvalue weighted by Crippen LogP contribution is 2.13. The molecule has 1 aromatic carbocycles. The van der Waals surface area contributed by atoms with Gasteiger partial charge in [0.2, 0.25) is 0 Å². The number of ether oxygens (including phenoxy) is 2. The molecule has 0 aliphatic carbocycles. The monoisotopic (exact) mass is 442 g/mol. The van der Waals surface area contributed by atoms with E-state index in [-0.39, 0.29) is 0 Å². The van der Waals surface area contributed by atoms with Gasteiger partial charge in [0, 0.05) is 0 Å². The highest BCUT2D eigenvalue weighted by molar-refractivity contribution is 5.26. The highest BCUT2D eigenvalue weighted by atomic mass is 16.5. The molecule has 0 unspecified atom stereocenters. The standard InChI is InChI=1S/C30H50O2/c1-3-4-5-6-7-8-9-10-11-12-13-14-15-16-17-18-19-20-21-22-27-32-28-29-23-25-30(31-2)26-24-29/h10-11,21-26H,3-9,12-20,27-28H2,1-2H3/b11-10-,22-21+. The van der Waals surface area contributed by atoms with Gasteiger partial charge in [-0.2, -0.15) is 0 Å². The second-order valence-electron chi connectivity index (χ2n) is 8.91. The Morgan fingerprint density at radius 3 is 1.56 bits per heavy atom. The van der Waals surface area contributed by atoms with Crippen LogP contribution in [-0.4, -0.2) is 13.7 Å². The maximum atomic E-state index is 5.70. The third kappa shape index (κ3) is 18.1. The summed E-state index contributed by atoms with van der Waals surface area (Å²) in [5.74, 6) is 0.889. The molecule has 0 radical (unpaired) electrons. The molecule has 0 atom stereocenters. The van der Waals surface area contributed by atoms with Crippen molar-refractivity contribution in [3.63, 3.8) is 0 Å². The van der Waals surface area contributed by atoms with Crippen molar-refractivity contribution in [1.82, 2.24) is 0 Å². The third-order valence-electron chi connectivity index (χ3n) is 5.94. The van der Waals surface area contributed by atoms with Gasteiger partial charge in [-0.1, -0.05) is 108 Å². The van der Waals surface area contributed by atoms with Crippen molar-refractivity contribution in [2.75, 3.05) is 13.7 Å². The van der Waals surface area contributed by atoms with Crippen molar-refractivity contribution < 1.29 is 9.47 Å². The second-order valence-corrected chi connectivity index (χ2v) is 8.91. The molecular formula is C30H50O2. The minimum absolute atomic E-state index is 0.656. The Morgan fingerprint density at radius 1 is 0.594 bits per heavy atom. The van der Waals surface area contributed by atoms with E-state index in [1.807, 2.05) is 12.1 Å². The first-order valence-electron chi connectivity index (χ1n) is 13.4. The summed E-state index contributed by atoms with van der Waals surface area (Å²) in [6.45, 7) is 3.63. The van der Waals surface area contributed by atoms with Crippen molar-refractivity contribution in [3.05, 3.63) is 54.1 Å². The zero-order valence-corrected chi connectivity index (χ0v) is 21.2. The van der Waals surface area contributed by atoms with E-state index in [1.54, 1.807) is 7.11 Å². The summed E-state index contributed by atoms with van der Waals surface area (Å²) in [5.41, 5.74) is 1.18. The Labute approximate surface area is 199 Å². The molecule has 0 N–H and O–H groups in total. The molecule has 2 heteroatoms. The van der Waals surface area contributed by atoms with Crippen molar-refractivity contribution in [1.29, 1.82) is 0 Å². The van der Waals surface area contributed by atoms with Crippen LogP contribution < -0.4 is 4.74 Å². The molecule has 0 spiro atoms. The molecule has 0 heterocycles. The maximum Gasteiger partial charge on any atom is 0.118 e. The van der Waals surface area contributed by atoms with Crippen LogP contribution in [-0.2, 0) is 11.3 Å². The van der Waals surface area contributed by atoms with Crippen LogP contribution in [0.3, 0.4) is 0 Å². The molecule has 0 aliphatic rings. The van der Waals surface area contributed by atoms with Crippen LogP contribution >= 0.6 is 0 Å². The largest absolute Gasteiger partial charge is 0.497 e. The van der Waals surface area contributed by atoms with Crippen LogP contribution in [0.5, 0.6) is 5.75 Å². The lowest BCUT2D eigenvalue weighted by atomic mass is 10.1. The topological polar surface area (TPSA) is 18.5 Å². The number of rotatable bonds is 22. The molecule has 0 fully saturated rings. The van der Waals surface area contributed by atoms with Gasteiger partial charge in [-0.3, -0.25) is 0 Å². The fraction of sp³-hybridized carbons (Fsp3) is 0.667. The van der Waals surface area contributed by atoms with Gasteiger partial charge in [0.15, 0.2) is 0 Å². The van der Waals surface area contributed by atoms with E-state index in [4.69, 9.17) is 9.47 Å². The number of methoxy groups -OCH3 is 1. The summed E-state index contributed by atoms with van der Waals surface area (Å²) in [6, 6.07) is 8.06. The zero-order valence-electron chi connectivity index (χ0n) is 21.2. The Hall–Kier alpha value is -1.54. The molecule has 0 amide bonds. The molecule has 0 bridgehead atoms. The van der Waals surface area contributed by atoms with Gasteiger partial charge < -0.3 is 9.47 Å². The third-order valence-corrected chi connectivity index (χ3v) is 5.94. The highest BCUT2D eigenvalue weighted by Gasteiger charge is 1.94. The Morgan fingerprint density at radius 2 is 1.06 bits per heavy atom. The van der Waals surface area contributed by atoms with E-state index in [1.165, 1.54) is 108 Å². The van der Waals surface area contributed by atoms with E-state index < -0.39 is 0 Å². The predicted molar refractivity (Wildman–Crippen MR) is 140 cm³/mol. The van der Waals surface area contributed by atoms with Crippen molar-refractivity contribution in [3.8, 4) is 5.75 Å². The summed E-state index contributed by atoms with van der Waals surface area (Å²) in [6.07, 6.45) is 31.0. The van der Waals surface area contributed by atoms with Crippen LogP contribution in [0, 0.1) is 0 Å². The van der Waals surface area contributed by atoms with E-state index in [2.05, 4.69) is 43.4 Å². The number of allylic oxidation sites excluding steroid dienone is 3. The number of hydrogen-bond donors (Lipinski definition) is 0. The lowest BCUT2D eigenvalue weighted by Gasteiger charge is -2.03. The summed E-state index contributed by atoms with van der Waals surface area (Å²) in [7, 11) is 1.69. The molecule has 0 aromatic heterocycles. The smallest absolute Gasteiger partial charge is 0.118 e. The summed E-state index contributed by atoms with van der Waals surface area (Å²) in [4.78, 5) is 0. The first-order valence-corrected chi connectivity index (χ1v) is 13.4.